The van der Waals surface area contributed by atoms with Crippen molar-refractivity contribution in [3.63, 3.8) is 0 Å². The lowest BCUT2D eigenvalue weighted by Gasteiger charge is -2.23. The summed E-state index contributed by atoms with van der Waals surface area (Å²) in [5, 5.41) is 7.35. The molecule has 31 heavy (non-hydrogen) atoms. The summed E-state index contributed by atoms with van der Waals surface area (Å²) in [6.07, 6.45) is 2.75. The Bertz CT molecular complexity index is 1130. The highest BCUT2D eigenvalue weighted by molar-refractivity contribution is 6.35. The number of nitrogens with one attached hydrogen (secondary N) is 1. The van der Waals surface area contributed by atoms with Gasteiger partial charge in [0.25, 0.3) is 5.91 Å². The molecular formula is C22H18Cl2N4O3. The zero-order valence-electron chi connectivity index (χ0n) is 16.3. The molecular weight excluding hydrogens is 439 g/mol. The summed E-state index contributed by atoms with van der Waals surface area (Å²) in [6.45, 7) is 1.82. The molecule has 9 heteroatoms. The Kier molecular flexibility index (Phi) is 6.85. The highest BCUT2D eigenvalue weighted by Crippen LogP contribution is 2.23. The molecule has 4 rings (SSSR count). The van der Waals surface area contributed by atoms with Gasteiger partial charge >= 0.3 is 0 Å². The quantitative estimate of drug-likeness (QED) is 0.606. The van der Waals surface area contributed by atoms with E-state index in [-0.39, 0.29) is 27.7 Å². The third-order valence-electron chi connectivity index (χ3n) is 4.47. The molecule has 0 unspecified atom stereocenters. The van der Waals surface area contributed by atoms with Crippen molar-refractivity contribution in [3.8, 4) is 11.8 Å². The summed E-state index contributed by atoms with van der Waals surface area (Å²) in [5.74, 6) is 5.77. The molecule has 1 aliphatic heterocycles. The van der Waals surface area contributed by atoms with Crippen molar-refractivity contribution < 1.29 is 14.3 Å². The molecule has 0 saturated carbocycles. The minimum absolute atomic E-state index is 0.196. The van der Waals surface area contributed by atoms with Crippen LogP contribution in [0.15, 0.2) is 48.8 Å². The van der Waals surface area contributed by atoms with Crippen molar-refractivity contribution in [2.75, 3.05) is 25.1 Å². The molecule has 158 valence electrons. The van der Waals surface area contributed by atoms with Crippen molar-refractivity contribution >= 4 is 34.9 Å². The highest BCUT2D eigenvalue weighted by atomic mass is 35.5. The third kappa shape index (κ3) is 5.43. The predicted molar refractivity (Wildman–Crippen MR) is 117 cm³/mol. The van der Waals surface area contributed by atoms with E-state index in [0.717, 1.165) is 5.56 Å². The molecule has 1 aliphatic rings. The Morgan fingerprint density at radius 2 is 1.94 bits per heavy atom. The topological polar surface area (TPSA) is 78.3 Å². The van der Waals surface area contributed by atoms with Gasteiger partial charge in [-0.05, 0) is 18.2 Å². The molecule has 3 heterocycles. The van der Waals surface area contributed by atoms with Gasteiger partial charge < -0.3 is 14.8 Å². The number of benzene rings is 1. The van der Waals surface area contributed by atoms with Gasteiger partial charge in [0.1, 0.15) is 11.8 Å². The van der Waals surface area contributed by atoms with Gasteiger partial charge in [-0.25, -0.2) is 4.98 Å². The summed E-state index contributed by atoms with van der Waals surface area (Å²) in [6, 6.07) is 11.2. The third-order valence-corrected chi connectivity index (χ3v) is 5.03. The molecule has 1 atom stereocenters. The molecule has 1 amide bonds. The van der Waals surface area contributed by atoms with Crippen LogP contribution in [0.4, 0.5) is 5.82 Å². The van der Waals surface area contributed by atoms with Crippen LogP contribution >= 0.6 is 23.2 Å². The normalized spacial score (nSPS) is 15.7. The first kappa shape index (κ1) is 21.3. The number of carbonyl (C=O) groups excluding carboxylic acids is 1. The second-order valence-electron chi connectivity index (χ2n) is 6.72. The summed E-state index contributed by atoms with van der Waals surface area (Å²) in [5.41, 5.74) is 1.71. The van der Waals surface area contributed by atoms with Gasteiger partial charge in [0.05, 0.1) is 42.6 Å². The molecule has 1 aromatic carbocycles. The van der Waals surface area contributed by atoms with E-state index in [1.54, 1.807) is 12.3 Å². The maximum Gasteiger partial charge on any atom is 0.276 e. The van der Waals surface area contributed by atoms with Crippen LogP contribution < -0.4 is 5.32 Å². The van der Waals surface area contributed by atoms with Crippen molar-refractivity contribution in [2.24, 2.45) is 0 Å². The second kappa shape index (κ2) is 9.94. The van der Waals surface area contributed by atoms with E-state index >= 15 is 0 Å². The van der Waals surface area contributed by atoms with E-state index in [0.29, 0.717) is 31.9 Å². The summed E-state index contributed by atoms with van der Waals surface area (Å²) >= 11 is 12.5. The second-order valence-corrected chi connectivity index (χ2v) is 7.53. The molecule has 1 N–H and O–H groups in total. The Labute approximate surface area is 189 Å². The van der Waals surface area contributed by atoms with Gasteiger partial charge in [-0.15, -0.1) is 0 Å². The maximum absolute atomic E-state index is 12.9. The number of amides is 1. The van der Waals surface area contributed by atoms with Crippen molar-refractivity contribution in [2.45, 2.75) is 12.6 Å². The fourth-order valence-electron chi connectivity index (χ4n) is 2.99. The van der Waals surface area contributed by atoms with Crippen LogP contribution in [0.1, 0.15) is 21.6 Å². The highest BCUT2D eigenvalue weighted by Gasteiger charge is 2.23. The van der Waals surface area contributed by atoms with Gasteiger partial charge in [0.15, 0.2) is 5.82 Å². The Morgan fingerprint density at radius 3 is 2.68 bits per heavy atom. The molecule has 0 aliphatic carbocycles. The first-order chi connectivity index (χ1) is 15.1. The molecule has 1 saturated heterocycles. The fourth-order valence-corrected chi connectivity index (χ4v) is 3.43. The Hall–Kier alpha value is -2.89. The molecule has 3 aromatic rings. The van der Waals surface area contributed by atoms with E-state index in [4.69, 9.17) is 32.7 Å². The van der Waals surface area contributed by atoms with Crippen molar-refractivity contribution in [1.29, 1.82) is 0 Å². The Balaban J connectivity index is 1.48. The number of anilines is 1. The number of nitrogens with zero attached hydrogens (tertiary/aromatic N) is 3. The fraction of sp³-hybridized carbons (Fsp3) is 0.227. The molecule has 0 spiro atoms. The van der Waals surface area contributed by atoms with Gasteiger partial charge in [-0.1, -0.05) is 53.2 Å². The summed E-state index contributed by atoms with van der Waals surface area (Å²) in [4.78, 5) is 17.1. The van der Waals surface area contributed by atoms with Crippen LogP contribution in [0.3, 0.4) is 0 Å². The number of ether oxygens (including phenoxy) is 2. The maximum atomic E-state index is 12.9. The van der Waals surface area contributed by atoms with Crippen LogP contribution in [-0.4, -0.2) is 46.6 Å². The average Bonchev–Trinajstić information content (AvgIpc) is 3.15. The lowest BCUT2D eigenvalue weighted by atomic mass is 10.2. The van der Waals surface area contributed by atoms with Crippen LogP contribution in [0, 0.1) is 11.8 Å². The average molecular weight is 457 g/mol. The zero-order chi connectivity index (χ0) is 21.6. The van der Waals surface area contributed by atoms with Gasteiger partial charge in [-0.2, -0.15) is 5.10 Å². The standard InChI is InChI=1S/C22H18Cl2N4O3/c23-18-10-16(7-6-15-4-2-1-3-5-15)11-25-21(18)27-22(29)20-19(24)12-26-28(20)13-17-14-30-8-9-31-17/h1-5,10-12,17H,8-9,13-14H2,(H,25,27,29)/t17-/m0/s1. The SMILES string of the molecule is O=C(Nc1ncc(C#Cc2ccccc2)cc1Cl)c1c(Cl)cnn1C[C@H]1COCCO1. The number of carbonyl (C=O) groups is 1. The zero-order valence-corrected chi connectivity index (χ0v) is 17.9. The van der Waals surface area contributed by atoms with Crippen LogP contribution in [0.2, 0.25) is 10.0 Å². The smallest absolute Gasteiger partial charge is 0.276 e. The minimum Gasteiger partial charge on any atom is -0.376 e. The van der Waals surface area contributed by atoms with E-state index in [1.165, 1.54) is 10.9 Å². The number of hydrogen-bond donors (Lipinski definition) is 1. The van der Waals surface area contributed by atoms with E-state index < -0.39 is 5.91 Å². The first-order valence-corrected chi connectivity index (χ1v) is 10.3. The summed E-state index contributed by atoms with van der Waals surface area (Å²) in [7, 11) is 0. The minimum atomic E-state index is -0.475. The predicted octanol–water partition coefficient (Wildman–Crippen LogP) is 3.65. The van der Waals surface area contributed by atoms with E-state index in [2.05, 4.69) is 27.2 Å². The van der Waals surface area contributed by atoms with Gasteiger partial charge in [-0.3, -0.25) is 9.48 Å². The Morgan fingerprint density at radius 1 is 1.13 bits per heavy atom. The van der Waals surface area contributed by atoms with E-state index in [1.807, 2.05) is 30.3 Å². The van der Waals surface area contributed by atoms with Gasteiger partial charge in [0.2, 0.25) is 0 Å². The molecule has 2 aromatic heterocycles. The lowest BCUT2D eigenvalue weighted by Crippen LogP contribution is -2.34. The number of rotatable bonds is 4. The number of halogens is 2. The molecule has 7 nitrogen and oxygen atoms in total. The molecule has 0 bridgehead atoms. The van der Waals surface area contributed by atoms with Crippen LogP contribution in [0.25, 0.3) is 0 Å². The lowest BCUT2D eigenvalue weighted by molar-refractivity contribution is -0.0947. The molecule has 0 radical (unpaired) electrons. The van der Waals surface area contributed by atoms with Crippen LogP contribution in [-0.2, 0) is 16.0 Å². The first-order valence-electron chi connectivity index (χ1n) is 9.55. The number of pyridine rings is 1. The van der Waals surface area contributed by atoms with Crippen molar-refractivity contribution in [3.05, 3.63) is 75.7 Å². The largest absolute Gasteiger partial charge is 0.376 e. The van der Waals surface area contributed by atoms with Gasteiger partial charge in [0, 0.05) is 17.3 Å². The summed E-state index contributed by atoms with van der Waals surface area (Å²) < 4.78 is 12.5. The number of aromatic nitrogens is 3. The monoisotopic (exact) mass is 456 g/mol. The van der Waals surface area contributed by atoms with Crippen LogP contribution in [0.5, 0.6) is 0 Å². The molecule has 1 fully saturated rings. The number of hydrogen-bond acceptors (Lipinski definition) is 5. The van der Waals surface area contributed by atoms with E-state index in [9.17, 15) is 4.79 Å². The van der Waals surface area contributed by atoms with Crippen molar-refractivity contribution in [1.82, 2.24) is 14.8 Å².